The van der Waals surface area contributed by atoms with E-state index in [0.717, 1.165) is 46.1 Å². The van der Waals surface area contributed by atoms with Crippen molar-refractivity contribution < 1.29 is 9.90 Å². The van der Waals surface area contributed by atoms with Gasteiger partial charge in [-0.3, -0.25) is 4.79 Å². The van der Waals surface area contributed by atoms with Gasteiger partial charge < -0.3 is 15.0 Å². The van der Waals surface area contributed by atoms with Crippen LogP contribution in [-0.4, -0.2) is 32.0 Å². The molecule has 4 aromatic rings. The molecule has 1 aliphatic rings. The number of nitrogens with one attached hydrogen (secondary N) is 1. The number of ketones is 1. The number of carbonyl (C=O) groups is 1. The number of aliphatic hydroxyl groups excluding tert-OH is 1. The molecule has 0 bridgehead atoms. The topological polar surface area (TPSA) is 104 Å². The third-order valence-electron chi connectivity index (χ3n) is 7.09. The zero-order valence-electron chi connectivity index (χ0n) is 20.2. The summed E-state index contributed by atoms with van der Waals surface area (Å²) in [4.78, 5) is 21.1. The van der Waals surface area contributed by atoms with Crippen molar-refractivity contribution in [3.8, 4) is 17.3 Å². The van der Waals surface area contributed by atoms with Crippen molar-refractivity contribution >= 4 is 39.9 Å². The third-order valence-corrected chi connectivity index (χ3v) is 7.31. The van der Waals surface area contributed by atoms with Gasteiger partial charge in [0.25, 0.3) is 0 Å². The first-order valence-corrected chi connectivity index (χ1v) is 12.3. The fourth-order valence-corrected chi connectivity index (χ4v) is 5.14. The molecule has 5 rings (SSSR count). The van der Waals surface area contributed by atoms with Crippen LogP contribution in [-0.2, 0) is 23.2 Å². The predicted molar refractivity (Wildman–Crippen MR) is 140 cm³/mol. The average Bonchev–Trinajstić information content (AvgIpc) is 3.44. The lowest BCUT2D eigenvalue weighted by atomic mass is 9.83. The van der Waals surface area contributed by atoms with Crippen molar-refractivity contribution in [2.45, 2.75) is 45.1 Å². The summed E-state index contributed by atoms with van der Waals surface area (Å²) >= 11 is 6.41. The molecule has 0 fully saturated rings. The summed E-state index contributed by atoms with van der Waals surface area (Å²) in [6, 6.07) is 13.6. The van der Waals surface area contributed by atoms with E-state index in [9.17, 15) is 15.2 Å². The molecule has 2 aromatic heterocycles. The Morgan fingerprint density at radius 2 is 2.14 bits per heavy atom. The number of carbonyl (C=O) groups excluding carboxylic acids is 1. The molecule has 182 valence electrons. The number of benzene rings is 2. The molecule has 0 saturated heterocycles. The number of nitrogens with zero attached hydrogens (tertiary/aromatic N) is 4. The number of fused-ring (bicyclic) bond motifs is 2. The van der Waals surface area contributed by atoms with E-state index >= 15 is 0 Å². The molecular weight excluding hydrogens is 474 g/mol. The van der Waals surface area contributed by atoms with Gasteiger partial charge in [0.2, 0.25) is 5.95 Å². The SMILES string of the molecule is CCC(=O)Cn1ccc2c(Nc3nccc(-c4cc(C#N)c5c(c4)C(C)(CO)CC5)n3)cc(Cl)cc21. The molecule has 36 heavy (non-hydrogen) atoms. The van der Waals surface area contributed by atoms with Crippen molar-refractivity contribution in [1.29, 1.82) is 5.26 Å². The summed E-state index contributed by atoms with van der Waals surface area (Å²) in [7, 11) is 0. The molecule has 1 unspecified atom stereocenters. The Kier molecular flexibility index (Phi) is 6.25. The van der Waals surface area contributed by atoms with Crippen molar-refractivity contribution in [1.82, 2.24) is 14.5 Å². The number of anilines is 2. The quantitative estimate of drug-likeness (QED) is 0.346. The van der Waals surface area contributed by atoms with Gasteiger partial charge in [-0.15, -0.1) is 0 Å². The van der Waals surface area contributed by atoms with Crippen molar-refractivity contribution in [3.05, 3.63) is 70.5 Å². The molecule has 0 amide bonds. The molecule has 1 atom stereocenters. The molecule has 1 aliphatic carbocycles. The molecule has 0 spiro atoms. The Morgan fingerprint density at radius 3 is 2.89 bits per heavy atom. The molecule has 2 aromatic carbocycles. The van der Waals surface area contributed by atoms with E-state index in [1.54, 1.807) is 12.3 Å². The molecule has 0 aliphatic heterocycles. The molecule has 7 nitrogen and oxygen atoms in total. The van der Waals surface area contributed by atoms with E-state index in [-0.39, 0.29) is 24.3 Å². The monoisotopic (exact) mass is 499 g/mol. The smallest absolute Gasteiger partial charge is 0.227 e. The van der Waals surface area contributed by atoms with Crippen LogP contribution >= 0.6 is 11.6 Å². The second-order valence-corrected chi connectivity index (χ2v) is 9.93. The average molecular weight is 500 g/mol. The number of hydrogen-bond donors (Lipinski definition) is 2. The Hall–Kier alpha value is -3.73. The van der Waals surface area contributed by atoms with Gasteiger partial charge in [0, 0.05) is 40.2 Å². The molecular formula is C28H26ClN5O2. The highest BCUT2D eigenvalue weighted by atomic mass is 35.5. The number of halogens is 1. The largest absolute Gasteiger partial charge is 0.395 e. The van der Waals surface area contributed by atoms with Crippen LogP contribution in [0.3, 0.4) is 0 Å². The second-order valence-electron chi connectivity index (χ2n) is 9.49. The van der Waals surface area contributed by atoms with Crippen LogP contribution in [0.4, 0.5) is 11.6 Å². The molecule has 2 heterocycles. The normalized spacial score (nSPS) is 16.6. The number of aliphatic hydroxyl groups is 1. The molecule has 0 radical (unpaired) electrons. The maximum atomic E-state index is 12.0. The van der Waals surface area contributed by atoms with Gasteiger partial charge in [0.1, 0.15) is 0 Å². The minimum atomic E-state index is -0.371. The van der Waals surface area contributed by atoms with E-state index in [2.05, 4.69) is 16.4 Å². The third kappa shape index (κ3) is 4.23. The summed E-state index contributed by atoms with van der Waals surface area (Å²) in [6.07, 6.45) is 5.60. The summed E-state index contributed by atoms with van der Waals surface area (Å²) < 4.78 is 1.89. The summed E-state index contributed by atoms with van der Waals surface area (Å²) in [6.45, 7) is 4.20. The zero-order chi connectivity index (χ0) is 25.4. The van der Waals surface area contributed by atoms with Crippen molar-refractivity contribution in [3.63, 3.8) is 0 Å². The van der Waals surface area contributed by atoms with Crippen LogP contribution in [0.1, 0.15) is 43.4 Å². The van der Waals surface area contributed by atoms with Crippen LogP contribution in [0, 0.1) is 11.3 Å². The van der Waals surface area contributed by atoms with Crippen molar-refractivity contribution in [2.75, 3.05) is 11.9 Å². The van der Waals surface area contributed by atoms with Crippen LogP contribution in [0.15, 0.2) is 48.8 Å². The first-order valence-electron chi connectivity index (χ1n) is 11.9. The van der Waals surface area contributed by atoms with E-state index in [0.29, 0.717) is 28.6 Å². The maximum absolute atomic E-state index is 12.0. The highest BCUT2D eigenvalue weighted by Crippen LogP contribution is 2.42. The van der Waals surface area contributed by atoms with Crippen LogP contribution in [0.5, 0.6) is 0 Å². The molecule has 8 heteroatoms. The minimum Gasteiger partial charge on any atom is -0.395 e. The number of hydrogen-bond acceptors (Lipinski definition) is 6. The van der Waals surface area contributed by atoms with Crippen LogP contribution < -0.4 is 5.32 Å². The van der Waals surface area contributed by atoms with Gasteiger partial charge in [-0.25, -0.2) is 9.97 Å². The van der Waals surface area contributed by atoms with E-state index in [1.807, 2.05) is 54.9 Å². The van der Waals surface area contributed by atoms with E-state index in [4.69, 9.17) is 16.6 Å². The minimum absolute atomic E-state index is 0.0270. The Labute approximate surface area is 214 Å². The van der Waals surface area contributed by atoms with Gasteiger partial charge in [0.05, 0.1) is 41.7 Å². The second kappa shape index (κ2) is 9.38. The highest BCUT2D eigenvalue weighted by molar-refractivity contribution is 6.32. The fraction of sp³-hybridized carbons (Fsp3) is 0.286. The van der Waals surface area contributed by atoms with Gasteiger partial charge in [0.15, 0.2) is 5.78 Å². The first kappa shape index (κ1) is 24.0. The Bertz CT molecular complexity index is 1540. The van der Waals surface area contributed by atoms with Gasteiger partial charge >= 0.3 is 0 Å². The van der Waals surface area contributed by atoms with E-state index < -0.39 is 0 Å². The van der Waals surface area contributed by atoms with Crippen LogP contribution in [0.2, 0.25) is 5.02 Å². The van der Waals surface area contributed by atoms with Crippen molar-refractivity contribution in [2.24, 2.45) is 0 Å². The number of nitriles is 1. The van der Waals surface area contributed by atoms with Gasteiger partial charge in [-0.05, 0) is 60.4 Å². The van der Waals surface area contributed by atoms with Crippen LogP contribution in [0.25, 0.3) is 22.2 Å². The molecule has 0 saturated carbocycles. The Morgan fingerprint density at radius 1 is 1.31 bits per heavy atom. The lowest BCUT2D eigenvalue weighted by molar-refractivity contribution is -0.119. The number of Topliss-reactive ketones (excluding diaryl/α,β-unsaturated/α-hetero) is 1. The van der Waals surface area contributed by atoms with Gasteiger partial charge in [-0.2, -0.15) is 5.26 Å². The highest BCUT2D eigenvalue weighted by Gasteiger charge is 2.35. The van der Waals surface area contributed by atoms with E-state index in [1.165, 1.54) is 0 Å². The number of rotatable bonds is 7. The zero-order valence-corrected chi connectivity index (χ0v) is 20.9. The summed E-state index contributed by atoms with van der Waals surface area (Å²) in [5.41, 5.74) is 5.32. The first-order chi connectivity index (χ1) is 17.3. The lowest BCUT2D eigenvalue weighted by Crippen LogP contribution is -2.23. The lowest BCUT2D eigenvalue weighted by Gasteiger charge is -2.23. The maximum Gasteiger partial charge on any atom is 0.227 e. The predicted octanol–water partition coefficient (Wildman–Crippen LogP) is 5.54. The standard InChI is InChI=1S/C28H26ClN5O2/c1-3-20(36)15-34-9-6-22-25(12-19(29)13-26(22)34)33-27-31-8-5-24(32-27)17-10-18(14-30)21-4-7-28(2,16-35)23(21)11-17/h5-6,8-13,35H,3-4,7,15-16H2,1-2H3,(H,31,32,33). The fourth-order valence-electron chi connectivity index (χ4n) is 4.93. The summed E-state index contributed by atoms with van der Waals surface area (Å²) in [5.74, 6) is 0.527. The number of aromatic nitrogens is 3. The Balaban J connectivity index is 1.52. The molecule has 2 N–H and O–H groups in total. The van der Waals surface area contributed by atoms with Gasteiger partial charge in [-0.1, -0.05) is 25.4 Å². The summed E-state index contributed by atoms with van der Waals surface area (Å²) in [5, 5.41) is 24.5.